The van der Waals surface area contributed by atoms with Crippen molar-refractivity contribution in [3.8, 4) is 0 Å². The Morgan fingerprint density at radius 1 is 1.33 bits per heavy atom. The van der Waals surface area contributed by atoms with E-state index in [4.69, 9.17) is 4.74 Å². The number of carbonyl (C=O) groups excluding carboxylic acids is 1. The second-order valence-electron chi connectivity index (χ2n) is 4.61. The van der Waals surface area contributed by atoms with Crippen molar-refractivity contribution in [2.45, 2.75) is 39.7 Å². The average molecular weight is 215 g/mol. The Bertz CT molecular complexity index is 190. The monoisotopic (exact) mass is 215 g/mol. The van der Waals surface area contributed by atoms with Gasteiger partial charge in [0.2, 0.25) is 0 Å². The molecule has 2 atom stereocenters. The molecule has 0 N–H and O–H groups in total. The molecule has 0 aliphatic heterocycles. The molecular weight excluding hydrogens is 190 g/mol. The third kappa shape index (κ3) is 4.20. The maximum atomic E-state index is 11.7. The van der Waals surface area contributed by atoms with E-state index in [2.05, 4.69) is 25.7 Å². The molecule has 0 saturated heterocycles. The van der Waals surface area contributed by atoms with Gasteiger partial charge < -0.3 is 9.64 Å². The van der Waals surface area contributed by atoms with E-state index in [0.29, 0.717) is 5.92 Å². The lowest BCUT2D eigenvalue weighted by Crippen LogP contribution is -2.42. The summed E-state index contributed by atoms with van der Waals surface area (Å²) in [6, 6.07) is 0.280. The van der Waals surface area contributed by atoms with Gasteiger partial charge in [-0.15, -0.1) is 0 Å². The van der Waals surface area contributed by atoms with Crippen molar-refractivity contribution < 1.29 is 9.53 Å². The molecule has 15 heavy (non-hydrogen) atoms. The van der Waals surface area contributed by atoms with Crippen molar-refractivity contribution in [1.82, 2.24) is 4.90 Å². The quantitative estimate of drug-likeness (QED) is 0.636. The fourth-order valence-electron chi connectivity index (χ4n) is 2.06. The third-order valence-electron chi connectivity index (χ3n) is 2.85. The van der Waals surface area contributed by atoms with Crippen molar-refractivity contribution in [3.05, 3.63) is 0 Å². The Kier molecular flexibility index (Phi) is 6.57. The first-order chi connectivity index (χ1) is 6.95. The minimum Gasteiger partial charge on any atom is -0.469 e. The lowest BCUT2D eigenvalue weighted by atomic mass is 9.85. The summed E-state index contributed by atoms with van der Waals surface area (Å²) in [6.45, 7) is 6.30. The first-order valence-corrected chi connectivity index (χ1v) is 5.69. The second-order valence-corrected chi connectivity index (χ2v) is 4.61. The van der Waals surface area contributed by atoms with Crippen LogP contribution in [0.25, 0.3) is 0 Å². The molecule has 0 fully saturated rings. The van der Waals surface area contributed by atoms with Gasteiger partial charge in [-0.25, -0.2) is 0 Å². The molecule has 2 unspecified atom stereocenters. The summed E-state index contributed by atoms with van der Waals surface area (Å²) in [5, 5.41) is 0. The van der Waals surface area contributed by atoms with E-state index >= 15 is 0 Å². The van der Waals surface area contributed by atoms with Crippen LogP contribution in [0.1, 0.15) is 33.6 Å². The molecule has 0 aliphatic carbocycles. The molecule has 0 aromatic heterocycles. The molecule has 3 heteroatoms. The predicted octanol–water partition coefficient (Wildman–Crippen LogP) is 2.16. The molecule has 0 aliphatic rings. The van der Waals surface area contributed by atoms with E-state index in [1.165, 1.54) is 7.11 Å². The third-order valence-corrected chi connectivity index (χ3v) is 2.85. The lowest BCUT2D eigenvalue weighted by molar-refractivity contribution is -0.149. The summed E-state index contributed by atoms with van der Waals surface area (Å²) in [6.07, 6.45) is 2.12. The number of rotatable bonds is 6. The highest BCUT2D eigenvalue weighted by Gasteiger charge is 2.32. The van der Waals surface area contributed by atoms with Gasteiger partial charge in [-0.1, -0.05) is 27.2 Å². The predicted molar refractivity (Wildman–Crippen MR) is 62.7 cm³/mol. The Morgan fingerprint density at radius 2 is 1.87 bits per heavy atom. The van der Waals surface area contributed by atoms with E-state index in [1.807, 2.05) is 14.1 Å². The molecule has 0 saturated carbocycles. The van der Waals surface area contributed by atoms with Gasteiger partial charge in [0, 0.05) is 6.04 Å². The second kappa shape index (κ2) is 6.83. The summed E-state index contributed by atoms with van der Waals surface area (Å²) >= 11 is 0. The number of esters is 1. The maximum absolute atomic E-state index is 11.7. The van der Waals surface area contributed by atoms with Gasteiger partial charge in [0.05, 0.1) is 13.0 Å². The summed E-state index contributed by atoms with van der Waals surface area (Å²) in [7, 11) is 5.52. The SMILES string of the molecule is CCCC(C(C(=O)OC)C(C)C)N(C)C. The average Bonchev–Trinajstić information content (AvgIpc) is 2.15. The number of carbonyl (C=O) groups is 1. The topological polar surface area (TPSA) is 29.5 Å². The molecule has 0 amide bonds. The Hall–Kier alpha value is -0.570. The molecule has 90 valence electrons. The van der Waals surface area contributed by atoms with Gasteiger partial charge in [0.15, 0.2) is 0 Å². The first-order valence-electron chi connectivity index (χ1n) is 5.69. The van der Waals surface area contributed by atoms with Crippen molar-refractivity contribution >= 4 is 5.97 Å². The Morgan fingerprint density at radius 3 is 2.13 bits per heavy atom. The van der Waals surface area contributed by atoms with Crippen LogP contribution >= 0.6 is 0 Å². The molecule has 3 nitrogen and oxygen atoms in total. The van der Waals surface area contributed by atoms with Crippen LogP contribution in [0.15, 0.2) is 0 Å². The van der Waals surface area contributed by atoms with Crippen LogP contribution in [0.4, 0.5) is 0 Å². The van der Waals surface area contributed by atoms with Crippen molar-refractivity contribution in [1.29, 1.82) is 0 Å². The summed E-state index contributed by atoms with van der Waals surface area (Å²) in [4.78, 5) is 13.9. The molecule has 0 aromatic carbocycles. The van der Waals surface area contributed by atoms with Gasteiger partial charge in [-0.2, -0.15) is 0 Å². The van der Waals surface area contributed by atoms with E-state index < -0.39 is 0 Å². The van der Waals surface area contributed by atoms with Crippen LogP contribution in [-0.4, -0.2) is 38.1 Å². The molecule has 0 rings (SSSR count). The lowest BCUT2D eigenvalue weighted by Gasteiger charge is -2.32. The highest BCUT2D eigenvalue weighted by molar-refractivity contribution is 5.73. The largest absolute Gasteiger partial charge is 0.469 e. The van der Waals surface area contributed by atoms with E-state index in [-0.39, 0.29) is 17.9 Å². The van der Waals surface area contributed by atoms with Crippen LogP contribution in [0.2, 0.25) is 0 Å². The molecule has 0 radical (unpaired) electrons. The molecule has 0 bridgehead atoms. The van der Waals surface area contributed by atoms with Crippen LogP contribution in [-0.2, 0) is 9.53 Å². The Balaban J connectivity index is 4.75. The smallest absolute Gasteiger partial charge is 0.310 e. The van der Waals surface area contributed by atoms with Gasteiger partial charge >= 0.3 is 5.97 Å². The highest BCUT2D eigenvalue weighted by atomic mass is 16.5. The zero-order valence-corrected chi connectivity index (χ0v) is 10.9. The summed E-state index contributed by atoms with van der Waals surface area (Å²) in [5.41, 5.74) is 0. The van der Waals surface area contributed by atoms with Crippen LogP contribution in [0.3, 0.4) is 0 Å². The number of hydrogen-bond donors (Lipinski definition) is 0. The fourth-order valence-corrected chi connectivity index (χ4v) is 2.06. The van der Waals surface area contributed by atoms with Crippen molar-refractivity contribution in [2.75, 3.05) is 21.2 Å². The number of ether oxygens (including phenoxy) is 1. The zero-order chi connectivity index (χ0) is 12.0. The minimum atomic E-state index is -0.0860. The maximum Gasteiger partial charge on any atom is 0.310 e. The molecular formula is C12H25NO2. The van der Waals surface area contributed by atoms with Gasteiger partial charge in [0.25, 0.3) is 0 Å². The highest BCUT2D eigenvalue weighted by Crippen LogP contribution is 2.23. The van der Waals surface area contributed by atoms with Crippen LogP contribution in [0, 0.1) is 11.8 Å². The number of methoxy groups -OCH3 is 1. The van der Waals surface area contributed by atoms with Gasteiger partial charge in [0.1, 0.15) is 0 Å². The Labute approximate surface area is 93.8 Å². The van der Waals surface area contributed by atoms with Crippen molar-refractivity contribution in [2.24, 2.45) is 11.8 Å². The normalized spacial score (nSPS) is 15.5. The number of hydrogen-bond acceptors (Lipinski definition) is 3. The fraction of sp³-hybridized carbons (Fsp3) is 0.917. The standard InChI is InChI=1S/C12H25NO2/c1-7-8-10(13(4)5)11(9(2)3)12(14)15-6/h9-11H,7-8H2,1-6H3. The van der Waals surface area contributed by atoms with Crippen molar-refractivity contribution in [3.63, 3.8) is 0 Å². The van der Waals surface area contributed by atoms with E-state index in [1.54, 1.807) is 0 Å². The molecule has 0 spiro atoms. The van der Waals surface area contributed by atoms with E-state index in [0.717, 1.165) is 12.8 Å². The molecule has 0 aromatic rings. The van der Waals surface area contributed by atoms with Crippen LogP contribution in [0.5, 0.6) is 0 Å². The summed E-state index contributed by atoms with van der Waals surface area (Å²) in [5.74, 6) is 0.207. The van der Waals surface area contributed by atoms with E-state index in [9.17, 15) is 4.79 Å². The first kappa shape index (κ1) is 14.4. The number of nitrogens with zero attached hydrogens (tertiary/aromatic N) is 1. The van der Waals surface area contributed by atoms with Crippen LogP contribution < -0.4 is 0 Å². The van der Waals surface area contributed by atoms with Gasteiger partial charge in [-0.3, -0.25) is 4.79 Å². The summed E-state index contributed by atoms with van der Waals surface area (Å²) < 4.78 is 4.89. The zero-order valence-electron chi connectivity index (χ0n) is 10.9. The minimum absolute atomic E-state index is 0.0232. The van der Waals surface area contributed by atoms with Gasteiger partial charge in [-0.05, 0) is 26.4 Å². The molecule has 0 heterocycles.